The first-order valence-electron chi connectivity index (χ1n) is 8.49. The second-order valence-corrected chi connectivity index (χ2v) is 8.55. The molecule has 7 nitrogen and oxygen atoms in total. The van der Waals surface area contributed by atoms with E-state index in [0.717, 1.165) is 11.8 Å². The van der Waals surface area contributed by atoms with Crippen molar-refractivity contribution in [3.63, 3.8) is 0 Å². The summed E-state index contributed by atoms with van der Waals surface area (Å²) >= 11 is 6.36. The molecular weight excluding hydrogens is 419 g/mol. The number of sulfonamides is 1. The van der Waals surface area contributed by atoms with Crippen LogP contribution >= 0.6 is 11.6 Å². The SMILES string of the molecule is Cc1nn(Cc2ccc(F)cc2)c(Cl)c1C(=O)Nc1ccc(NS(C)(=O)=O)cc1. The van der Waals surface area contributed by atoms with Gasteiger partial charge in [-0.1, -0.05) is 23.7 Å². The molecule has 0 saturated carbocycles. The maximum Gasteiger partial charge on any atom is 0.260 e. The summed E-state index contributed by atoms with van der Waals surface area (Å²) in [5, 5.41) is 7.18. The fourth-order valence-electron chi connectivity index (χ4n) is 2.71. The number of anilines is 2. The minimum Gasteiger partial charge on any atom is -0.322 e. The Bertz CT molecular complexity index is 1140. The summed E-state index contributed by atoms with van der Waals surface area (Å²) < 4.78 is 39.4. The summed E-state index contributed by atoms with van der Waals surface area (Å²) in [6.45, 7) is 1.96. The van der Waals surface area contributed by atoms with E-state index in [9.17, 15) is 17.6 Å². The zero-order valence-corrected chi connectivity index (χ0v) is 17.2. The van der Waals surface area contributed by atoms with E-state index in [-0.39, 0.29) is 16.5 Å². The second kappa shape index (κ2) is 8.22. The van der Waals surface area contributed by atoms with E-state index < -0.39 is 15.9 Å². The monoisotopic (exact) mass is 436 g/mol. The van der Waals surface area contributed by atoms with E-state index in [1.807, 2.05) is 0 Å². The molecule has 0 unspecified atom stereocenters. The molecule has 0 aliphatic carbocycles. The molecule has 0 saturated heterocycles. The molecule has 0 aliphatic rings. The minimum absolute atomic E-state index is 0.166. The van der Waals surface area contributed by atoms with Crippen LogP contribution in [0.2, 0.25) is 5.15 Å². The lowest BCUT2D eigenvalue weighted by Gasteiger charge is -2.08. The molecule has 10 heteroatoms. The van der Waals surface area contributed by atoms with Gasteiger partial charge in [0, 0.05) is 11.4 Å². The van der Waals surface area contributed by atoms with Crippen LogP contribution in [0.4, 0.5) is 15.8 Å². The van der Waals surface area contributed by atoms with Crippen LogP contribution < -0.4 is 10.0 Å². The predicted octanol–water partition coefficient (Wildman–Crippen LogP) is 3.66. The first kappa shape index (κ1) is 20.8. The van der Waals surface area contributed by atoms with Gasteiger partial charge in [0.25, 0.3) is 5.91 Å². The molecule has 1 aromatic heterocycles. The Labute approximate surface area is 172 Å². The number of nitrogens with one attached hydrogen (secondary N) is 2. The molecule has 29 heavy (non-hydrogen) atoms. The summed E-state index contributed by atoms with van der Waals surface area (Å²) in [7, 11) is -3.38. The third-order valence-corrected chi connectivity index (χ3v) is 4.97. The highest BCUT2D eigenvalue weighted by atomic mass is 35.5. The van der Waals surface area contributed by atoms with Gasteiger partial charge in [0.15, 0.2) is 0 Å². The van der Waals surface area contributed by atoms with Crippen LogP contribution in [-0.4, -0.2) is 30.4 Å². The van der Waals surface area contributed by atoms with Gasteiger partial charge in [0.2, 0.25) is 10.0 Å². The van der Waals surface area contributed by atoms with E-state index in [4.69, 9.17) is 11.6 Å². The van der Waals surface area contributed by atoms with Crippen LogP contribution in [0.25, 0.3) is 0 Å². The van der Waals surface area contributed by atoms with Crippen molar-refractivity contribution < 1.29 is 17.6 Å². The predicted molar refractivity (Wildman–Crippen MR) is 110 cm³/mol. The molecule has 2 N–H and O–H groups in total. The number of hydrogen-bond acceptors (Lipinski definition) is 4. The molecule has 0 radical (unpaired) electrons. The van der Waals surface area contributed by atoms with E-state index >= 15 is 0 Å². The third kappa shape index (κ3) is 5.33. The molecule has 1 heterocycles. The lowest BCUT2D eigenvalue weighted by atomic mass is 10.2. The molecule has 3 rings (SSSR count). The summed E-state index contributed by atoms with van der Waals surface area (Å²) in [6.07, 6.45) is 1.05. The average molecular weight is 437 g/mol. The standard InChI is InChI=1S/C19H18ClFN4O3S/c1-12-17(18(20)25(23-12)11-13-3-5-14(21)6-4-13)19(26)22-15-7-9-16(10-8-15)24-29(2,27)28/h3-10,24H,11H2,1-2H3,(H,22,26). The number of aromatic nitrogens is 2. The number of hydrogen-bond donors (Lipinski definition) is 2. The maximum absolute atomic E-state index is 13.1. The van der Waals surface area contributed by atoms with Crippen LogP contribution in [0, 0.1) is 12.7 Å². The Hall–Kier alpha value is -2.91. The topological polar surface area (TPSA) is 93.1 Å². The van der Waals surface area contributed by atoms with Crippen LogP contribution in [0.3, 0.4) is 0 Å². The first-order chi connectivity index (χ1) is 13.6. The normalized spacial score (nSPS) is 11.3. The van der Waals surface area contributed by atoms with Gasteiger partial charge >= 0.3 is 0 Å². The van der Waals surface area contributed by atoms with E-state index in [1.54, 1.807) is 31.2 Å². The summed E-state index contributed by atoms with van der Waals surface area (Å²) in [4.78, 5) is 12.7. The molecule has 152 valence electrons. The van der Waals surface area contributed by atoms with Crippen LogP contribution in [-0.2, 0) is 16.6 Å². The Balaban J connectivity index is 1.75. The second-order valence-electron chi connectivity index (χ2n) is 6.44. The van der Waals surface area contributed by atoms with Gasteiger partial charge in [-0.25, -0.2) is 17.5 Å². The van der Waals surface area contributed by atoms with E-state index in [0.29, 0.717) is 23.6 Å². The molecule has 0 spiro atoms. The Kier molecular flexibility index (Phi) is 5.90. The molecule has 0 fully saturated rings. The fraction of sp³-hybridized carbons (Fsp3) is 0.158. The summed E-state index contributed by atoms with van der Waals surface area (Å²) in [5.74, 6) is -0.781. The highest BCUT2D eigenvalue weighted by Gasteiger charge is 2.20. The van der Waals surface area contributed by atoms with Crippen molar-refractivity contribution in [1.29, 1.82) is 0 Å². The summed E-state index contributed by atoms with van der Waals surface area (Å²) in [5.41, 5.74) is 2.32. The van der Waals surface area contributed by atoms with Gasteiger partial charge < -0.3 is 5.32 Å². The van der Waals surface area contributed by atoms with Crippen molar-refractivity contribution >= 4 is 38.9 Å². The molecule has 0 bridgehead atoms. The Morgan fingerprint density at radius 1 is 1.10 bits per heavy atom. The highest BCUT2D eigenvalue weighted by Crippen LogP contribution is 2.23. The van der Waals surface area contributed by atoms with Gasteiger partial charge in [-0.05, 0) is 48.9 Å². The van der Waals surface area contributed by atoms with Crippen molar-refractivity contribution in [2.45, 2.75) is 13.5 Å². The third-order valence-electron chi connectivity index (χ3n) is 3.98. The van der Waals surface area contributed by atoms with Gasteiger partial charge in [-0.15, -0.1) is 0 Å². The molecule has 2 aromatic carbocycles. The molecule has 3 aromatic rings. The number of halogens is 2. The number of carbonyl (C=O) groups excluding carboxylic acids is 1. The lowest BCUT2D eigenvalue weighted by Crippen LogP contribution is -2.13. The van der Waals surface area contributed by atoms with Crippen molar-refractivity contribution in [2.75, 3.05) is 16.3 Å². The number of carbonyl (C=O) groups is 1. The van der Waals surface area contributed by atoms with Crippen LogP contribution in [0.5, 0.6) is 0 Å². The Morgan fingerprint density at radius 2 is 1.69 bits per heavy atom. The number of benzene rings is 2. The zero-order valence-electron chi connectivity index (χ0n) is 15.6. The fourth-order valence-corrected chi connectivity index (χ4v) is 3.59. The van der Waals surface area contributed by atoms with Gasteiger partial charge in [-0.3, -0.25) is 9.52 Å². The largest absolute Gasteiger partial charge is 0.322 e. The number of amides is 1. The van der Waals surface area contributed by atoms with Crippen molar-refractivity contribution in [3.8, 4) is 0 Å². The lowest BCUT2D eigenvalue weighted by molar-refractivity contribution is 0.102. The number of aryl methyl sites for hydroxylation is 1. The quantitative estimate of drug-likeness (QED) is 0.616. The van der Waals surface area contributed by atoms with Crippen LogP contribution in [0.1, 0.15) is 21.6 Å². The molecular formula is C19H18ClFN4O3S. The van der Waals surface area contributed by atoms with Gasteiger partial charge in [-0.2, -0.15) is 5.10 Å². The first-order valence-corrected chi connectivity index (χ1v) is 10.8. The minimum atomic E-state index is -3.38. The van der Waals surface area contributed by atoms with E-state index in [2.05, 4.69) is 15.1 Å². The Morgan fingerprint density at radius 3 is 2.28 bits per heavy atom. The van der Waals surface area contributed by atoms with Crippen molar-refractivity contribution in [2.24, 2.45) is 0 Å². The zero-order chi connectivity index (χ0) is 21.2. The van der Waals surface area contributed by atoms with Gasteiger partial charge in [0.1, 0.15) is 11.0 Å². The maximum atomic E-state index is 13.1. The smallest absolute Gasteiger partial charge is 0.260 e. The highest BCUT2D eigenvalue weighted by molar-refractivity contribution is 7.92. The summed E-state index contributed by atoms with van der Waals surface area (Å²) in [6, 6.07) is 12.1. The van der Waals surface area contributed by atoms with Crippen molar-refractivity contribution in [3.05, 3.63) is 76.3 Å². The van der Waals surface area contributed by atoms with Gasteiger partial charge in [0.05, 0.1) is 24.1 Å². The number of rotatable bonds is 6. The number of nitrogens with zero attached hydrogens (tertiary/aromatic N) is 2. The average Bonchev–Trinajstić information content (AvgIpc) is 2.91. The molecule has 1 amide bonds. The van der Waals surface area contributed by atoms with Crippen molar-refractivity contribution in [1.82, 2.24) is 9.78 Å². The molecule has 0 aliphatic heterocycles. The van der Waals surface area contributed by atoms with E-state index in [1.165, 1.54) is 28.9 Å². The van der Waals surface area contributed by atoms with Crippen LogP contribution in [0.15, 0.2) is 48.5 Å². The molecule has 0 atom stereocenters.